The summed E-state index contributed by atoms with van der Waals surface area (Å²) in [5.41, 5.74) is 8.11. The number of nitrogens with zero attached hydrogens (tertiary/aromatic N) is 2. The van der Waals surface area contributed by atoms with E-state index in [9.17, 15) is 0 Å². The van der Waals surface area contributed by atoms with Crippen LogP contribution in [-0.2, 0) is 0 Å². The SMILES string of the molecule is COc1ccc(-c2ccnc(N)n2)c(OC)c1C. The van der Waals surface area contributed by atoms with Crippen molar-refractivity contribution in [1.29, 1.82) is 0 Å². The minimum atomic E-state index is 0.239. The van der Waals surface area contributed by atoms with E-state index in [1.807, 2.05) is 19.1 Å². The Hall–Kier alpha value is -2.30. The molecule has 0 saturated heterocycles. The summed E-state index contributed by atoms with van der Waals surface area (Å²) >= 11 is 0. The fraction of sp³-hybridized carbons (Fsp3) is 0.231. The van der Waals surface area contributed by atoms with Crippen LogP contribution in [0.1, 0.15) is 5.56 Å². The number of ether oxygens (including phenoxy) is 2. The molecule has 2 N–H and O–H groups in total. The molecule has 94 valence electrons. The number of nitrogen functional groups attached to an aromatic ring is 1. The molecule has 2 rings (SSSR count). The molecular weight excluding hydrogens is 230 g/mol. The van der Waals surface area contributed by atoms with Crippen LogP contribution in [0, 0.1) is 6.92 Å². The maximum Gasteiger partial charge on any atom is 0.220 e. The van der Waals surface area contributed by atoms with E-state index in [0.29, 0.717) is 0 Å². The van der Waals surface area contributed by atoms with Crippen LogP contribution in [-0.4, -0.2) is 24.2 Å². The Bertz CT molecular complexity index is 570. The minimum Gasteiger partial charge on any atom is -0.496 e. The van der Waals surface area contributed by atoms with Crippen molar-refractivity contribution in [3.8, 4) is 22.8 Å². The zero-order valence-corrected chi connectivity index (χ0v) is 10.6. The van der Waals surface area contributed by atoms with Crippen molar-refractivity contribution < 1.29 is 9.47 Å². The molecule has 5 heteroatoms. The van der Waals surface area contributed by atoms with Gasteiger partial charge in [-0.15, -0.1) is 0 Å². The normalized spacial score (nSPS) is 10.2. The van der Waals surface area contributed by atoms with E-state index in [4.69, 9.17) is 15.2 Å². The van der Waals surface area contributed by atoms with Crippen molar-refractivity contribution in [3.05, 3.63) is 30.0 Å². The van der Waals surface area contributed by atoms with Crippen molar-refractivity contribution in [2.24, 2.45) is 0 Å². The van der Waals surface area contributed by atoms with E-state index in [-0.39, 0.29) is 5.95 Å². The average molecular weight is 245 g/mol. The van der Waals surface area contributed by atoms with E-state index in [2.05, 4.69) is 9.97 Å². The molecule has 0 atom stereocenters. The van der Waals surface area contributed by atoms with Crippen molar-refractivity contribution in [1.82, 2.24) is 9.97 Å². The third-order valence-corrected chi connectivity index (χ3v) is 2.73. The zero-order valence-electron chi connectivity index (χ0n) is 10.6. The number of nitrogens with two attached hydrogens (primary N) is 1. The second-order valence-electron chi connectivity index (χ2n) is 3.77. The molecule has 18 heavy (non-hydrogen) atoms. The number of methoxy groups -OCH3 is 2. The molecule has 0 aliphatic rings. The van der Waals surface area contributed by atoms with Gasteiger partial charge in [0.2, 0.25) is 5.95 Å². The number of benzene rings is 1. The highest BCUT2D eigenvalue weighted by Crippen LogP contribution is 2.36. The summed E-state index contributed by atoms with van der Waals surface area (Å²) in [6, 6.07) is 5.57. The van der Waals surface area contributed by atoms with Crippen LogP contribution < -0.4 is 15.2 Å². The minimum absolute atomic E-state index is 0.239. The third kappa shape index (κ3) is 2.07. The summed E-state index contributed by atoms with van der Waals surface area (Å²) in [5, 5.41) is 0. The Balaban J connectivity index is 2.61. The van der Waals surface area contributed by atoms with Gasteiger partial charge in [-0.2, -0.15) is 0 Å². The lowest BCUT2D eigenvalue weighted by atomic mass is 10.1. The molecule has 0 fully saturated rings. The summed E-state index contributed by atoms with van der Waals surface area (Å²) in [5.74, 6) is 1.74. The number of aromatic nitrogens is 2. The Kier molecular flexibility index (Phi) is 3.32. The number of hydrogen-bond acceptors (Lipinski definition) is 5. The molecule has 2 aromatic rings. The monoisotopic (exact) mass is 245 g/mol. The average Bonchev–Trinajstić information content (AvgIpc) is 2.38. The van der Waals surface area contributed by atoms with E-state index in [0.717, 1.165) is 28.3 Å². The van der Waals surface area contributed by atoms with Crippen LogP contribution in [0.2, 0.25) is 0 Å². The lowest BCUT2D eigenvalue weighted by Crippen LogP contribution is -1.99. The predicted molar refractivity (Wildman–Crippen MR) is 69.7 cm³/mol. The maximum absolute atomic E-state index is 5.59. The van der Waals surface area contributed by atoms with Gasteiger partial charge < -0.3 is 15.2 Å². The second kappa shape index (κ2) is 4.91. The highest BCUT2D eigenvalue weighted by molar-refractivity contribution is 5.71. The highest BCUT2D eigenvalue weighted by atomic mass is 16.5. The van der Waals surface area contributed by atoms with E-state index >= 15 is 0 Å². The topological polar surface area (TPSA) is 70.3 Å². The molecular formula is C13H15N3O2. The summed E-state index contributed by atoms with van der Waals surface area (Å²) < 4.78 is 10.7. The molecule has 0 spiro atoms. The van der Waals surface area contributed by atoms with Crippen molar-refractivity contribution in [2.75, 3.05) is 20.0 Å². The Morgan fingerprint density at radius 2 is 1.89 bits per heavy atom. The van der Waals surface area contributed by atoms with Gasteiger partial charge in [0.15, 0.2) is 0 Å². The molecule has 1 aromatic heterocycles. The van der Waals surface area contributed by atoms with Crippen molar-refractivity contribution >= 4 is 5.95 Å². The first-order valence-corrected chi connectivity index (χ1v) is 5.48. The van der Waals surface area contributed by atoms with Crippen LogP contribution in [0.15, 0.2) is 24.4 Å². The smallest absolute Gasteiger partial charge is 0.220 e. The first-order chi connectivity index (χ1) is 8.67. The first kappa shape index (κ1) is 12.2. The van der Waals surface area contributed by atoms with Crippen molar-refractivity contribution in [3.63, 3.8) is 0 Å². The van der Waals surface area contributed by atoms with Gasteiger partial charge in [0.25, 0.3) is 0 Å². The number of rotatable bonds is 3. The van der Waals surface area contributed by atoms with Gasteiger partial charge in [-0.1, -0.05) is 0 Å². The fourth-order valence-corrected chi connectivity index (χ4v) is 1.88. The quantitative estimate of drug-likeness (QED) is 0.896. The second-order valence-corrected chi connectivity index (χ2v) is 3.77. The van der Waals surface area contributed by atoms with Crippen LogP contribution in [0.5, 0.6) is 11.5 Å². The van der Waals surface area contributed by atoms with Crippen LogP contribution in [0.3, 0.4) is 0 Å². The van der Waals surface area contributed by atoms with Gasteiger partial charge in [0.05, 0.1) is 19.9 Å². The van der Waals surface area contributed by atoms with Crippen LogP contribution in [0.25, 0.3) is 11.3 Å². The van der Waals surface area contributed by atoms with Gasteiger partial charge >= 0.3 is 0 Å². The van der Waals surface area contributed by atoms with Crippen molar-refractivity contribution in [2.45, 2.75) is 6.92 Å². The molecule has 0 aliphatic heterocycles. The molecule has 0 radical (unpaired) electrons. The first-order valence-electron chi connectivity index (χ1n) is 5.48. The summed E-state index contributed by atoms with van der Waals surface area (Å²) in [6.45, 7) is 1.94. The number of anilines is 1. The van der Waals surface area contributed by atoms with Gasteiger partial charge in [0.1, 0.15) is 11.5 Å². The predicted octanol–water partition coefficient (Wildman–Crippen LogP) is 2.05. The Morgan fingerprint density at radius 3 is 2.50 bits per heavy atom. The lowest BCUT2D eigenvalue weighted by Gasteiger charge is -2.14. The molecule has 0 bridgehead atoms. The zero-order chi connectivity index (χ0) is 13.1. The van der Waals surface area contributed by atoms with Crippen LogP contribution >= 0.6 is 0 Å². The van der Waals surface area contributed by atoms with Gasteiger partial charge in [-0.05, 0) is 25.1 Å². The van der Waals surface area contributed by atoms with E-state index in [1.165, 1.54) is 0 Å². The fourth-order valence-electron chi connectivity index (χ4n) is 1.88. The van der Waals surface area contributed by atoms with E-state index < -0.39 is 0 Å². The van der Waals surface area contributed by atoms with Crippen LogP contribution in [0.4, 0.5) is 5.95 Å². The Morgan fingerprint density at radius 1 is 1.11 bits per heavy atom. The summed E-state index contributed by atoms with van der Waals surface area (Å²) in [4.78, 5) is 8.07. The molecule has 5 nitrogen and oxygen atoms in total. The highest BCUT2D eigenvalue weighted by Gasteiger charge is 2.13. The van der Waals surface area contributed by atoms with Gasteiger partial charge in [-0.25, -0.2) is 9.97 Å². The summed E-state index contributed by atoms with van der Waals surface area (Å²) in [7, 11) is 3.25. The third-order valence-electron chi connectivity index (χ3n) is 2.73. The lowest BCUT2D eigenvalue weighted by molar-refractivity contribution is 0.390. The largest absolute Gasteiger partial charge is 0.496 e. The summed E-state index contributed by atoms with van der Waals surface area (Å²) in [6.07, 6.45) is 1.62. The molecule has 0 amide bonds. The maximum atomic E-state index is 5.59. The molecule has 1 heterocycles. The molecule has 0 saturated carbocycles. The Labute approximate surface area is 106 Å². The standard InChI is InChI=1S/C13H15N3O2/c1-8-11(17-2)5-4-9(12(8)18-3)10-6-7-15-13(14)16-10/h4-7H,1-3H3,(H2,14,15,16). The van der Waals surface area contributed by atoms with Gasteiger partial charge in [0, 0.05) is 17.3 Å². The molecule has 0 unspecified atom stereocenters. The number of hydrogen-bond donors (Lipinski definition) is 1. The van der Waals surface area contributed by atoms with E-state index in [1.54, 1.807) is 26.5 Å². The molecule has 0 aliphatic carbocycles. The van der Waals surface area contributed by atoms with Gasteiger partial charge in [-0.3, -0.25) is 0 Å². The molecule has 1 aromatic carbocycles.